The van der Waals surface area contributed by atoms with Crippen LogP contribution in [-0.4, -0.2) is 37.2 Å². The molecule has 0 aromatic heterocycles. The summed E-state index contributed by atoms with van der Waals surface area (Å²) in [7, 11) is 0. The lowest BCUT2D eigenvalue weighted by atomic mass is 10.0. The molecular formula is C75H130O6. The zero-order chi connectivity index (χ0) is 58.5. The van der Waals surface area contributed by atoms with Crippen LogP contribution >= 0.6 is 0 Å². The Labute approximate surface area is 502 Å². The van der Waals surface area contributed by atoms with Crippen molar-refractivity contribution >= 4 is 17.9 Å². The maximum Gasteiger partial charge on any atom is 0.306 e. The first kappa shape index (κ1) is 77.3. The van der Waals surface area contributed by atoms with Crippen LogP contribution in [0.25, 0.3) is 0 Å². The Hall–Kier alpha value is -3.67. The molecule has 0 aliphatic rings. The topological polar surface area (TPSA) is 78.9 Å². The minimum absolute atomic E-state index is 0.0814. The highest BCUT2D eigenvalue weighted by Gasteiger charge is 2.19. The van der Waals surface area contributed by atoms with Gasteiger partial charge in [0.05, 0.1) is 0 Å². The third kappa shape index (κ3) is 67.0. The Kier molecular flexibility index (Phi) is 65.7. The summed E-state index contributed by atoms with van der Waals surface area (Å²) in [6.45, 7) is 6.43. The molecule has 0 aromatic carbocycles. The van der Waals surface area contributed by atoms with E-state index in [0.717, 1.165) is 116 Å². The number of carbonyl (C=O) groups excluding carboxylic acids is 3. The predicted molar refractivity (Wildman–Crippen MR) is 353 cm³/mol. The Morgan fingerprint density at radius 1 is 0.259 bits per heavy atom. The monoisotopic (exact) mass is 1130 g/mol. The van der Waals surface area contributed by atoms with Crippen molar-refractivity contribution < 1.29 is 28.6 Å². The fourth-order valence-electron chi connectivity index (χ4n) is 9.96. The number of carbonyl (C=O) groups is 3. The van der Waals surface area contributed by atoms with Gasteiger partial charge in [0.25, 0.3) is 0 Å². The highest BCUT2D eigenvalue weighted by Crippen LogP contribution is 2.18. The summed E-state index contributed by atoms with van der Waals surface area (Å²) in [5.41, 5.74) is 0. The highest BCUT2D eigenvalue weighted by atomic mass is 16.6. The quantitative estimate of drug-likeness (QED) is 0.0261. The minimum atomic E-state index is -0.786. The predicted octanol–water partition coefficient (Wildman–Crippen LogP) is 24.0. The molecule has 0 aromatic rings. The van der Waals surface area contributed by atoms with E-state index >= 15 is 0 Å². The van der Waals surface area contributed by atoms with Gasteiger partial charge in [-0.25, -0.2) is 0 Å². The molecule has 0 amide bonds. The number of unbranched alkanes of at least 4 members (excludes halogenated alkanes) is 36. The fourth-order valence-corrected chi connectivity index (χ4v) is 9.96. The van der Waals surface area contributed by atoms with Crippen molar-refractivity contribution in [2.24, 2.45) is 0 Å². The second-order valence-corrected chi connectivity index (χ2v) is 23.0. The number of hydrogen-bond acceptors (Lipinski definition) is 6. The van der Waals surface area contributed by atoms with Gasteiger partial charge in [0.1, 0.15) is 13.2 Å². The molecule has 0 saturated heterocycles. The van der Waals surface area contributed by atoms with E-state index in [4.69, 9.17) is 14.2 Å². The van der Waals surface area contributed by atoms with Crippen molar-refractivity contribution in [2.45, 2.75) is 348 Å². The zero-order valence-corrected chi connectivity index (χ0v) is 53.5. The normalized spacial score (nSPS) is 12.7. The molecular weight excluding hydrogens is 997 g/mol. The van der Waals surface area contributed by atoms with Gasteiger partial charge in [-0.05, 0) is 96.3 Å². The van der Waals surface area contributed by atoms with E-state index in [1.165, 1.54) is 186 Å². The first-order valence-corrected chi connectivity index (χ1v) is 34.7. The molecule has 0 N–H and O–H groups in total. The molecule has 0 aliphatic carbocycles. The lowest BCUT2D eigenvalue weighted by Gasteiger charge is -2.18. The molecule has 0 rings (SSSR count). The number of ether oxygens (including phenoxy) is 3. The van der Waals surface area contributed by atoms with Gasteiger partial charge in [0, 0.05) is 19.3 Å². The largest absolute Gasteiger partial charge is 0.462 e. The van der Waals surface area contributed by atoms with Gasteiger partial charge in [0.2, 0.25) is 0 Å². The fraction of sp³-hybridized carbons (Fsp3) is 0.747. The van der Waals surface area contributed by atoms with E-state index in [9.17, 15) is 14.4 Å². The molecule has 466 valence electrons. The molecule has 6 nitrogen and oxygen atoms in total. The third-order valence-electron chi connectivity index (χ3n) is 15.1. The Morgan fingerprint density at radius 3 is 0.765 bits per heavy atom. The van der Waals surface area contributed by atoms with Crippen LogP contribution < -0.4 is 0 Å². The first-order valence-electron chi connectivity index (χ1n) is 34.7. The Morgan fingerprint density at radius 2 is 0.481 bits per heavy atom. The molecule has 81 heavy (non-hydrogen) atoms. The molecule has 0 saturated carbocycles. The van der Waals surface area contributed by atoms with Crippen LogP contribution in [0, 0.1) is 0 Å². The van der Waals surface area contributed by atoms with Gasteiger partial charge < -0.3 is 14.2 Å². The average molecular weight is 1130 g/mol. The van der Waals surface area contributed by atoms with Crippen molar-refractivity contribution in [3.05, 3.63) is 97.2 Å². The van der Waals surface area contributed by atoms with Gasteiger partial charge in [0.15, 0.2) is 6.10 Å². The average Bonchev–Trinajstić information content (AvgIpc) is 3.46. The molecule has 0 aliphatic heterocycles. The van der Waals surface area contributed by atoms with Crippen LogP contribution in [0.5, 0.6) is 0 Å². The Balaban J connectivity index is 4.11. The van der Waals surface area contributed by atoms with Crippen molar-refractivity contribution in [3.63, 3.8) is 0 Å². The molecule has 0 radical (unpaired) electrons. The summed E-state index contributed by atoms with van der Waals surface area (Å²) in [6.07, 6.45) is 93.1. The van der Waals surface area contributed by atoms with Crippen LogP contribution in [-0.2, 0) is 28.6 Å². The molecule has 6 heteroatoms. The van der Waals surface area contributed by atoms with E-state index in [-0.39, 0.29) is 31.1 Å². The summed E-state index contributed by atoms with van der Waals surface area (Å²) < 4.78 is 16.9. The number of allylic oxidation sites excluding steroid dienone is 16. The zero-order valence-electron chi connectivity index (χ0n) is 53.5. The van der Waals surface area contributed by atoms with E-state index < -0.39 is 6.10 Å². The van der Waals surface area contributed by atoms with Crippen LogP contribution in [0.3, 0.4) is 0 Å². The molecule has 0 bridgehead atoms. The molecule has 1 unspecified atom stereocenters. The second-order valence-electron chi connectivity index (χ2n) is 23.0. The van der Waals surface area contributed by atoms with Gasteiger partial charge in [-0.15, -0.1) is 0 Å². The van der Waals surface area contributed by atoms with Gasteiger partial charge in [-0.2, -0.15) is 0 Å². The number of rotatable bonds is 63. The van der Waals surface area contributed by atoms with Crippen molar-refractivity contribution in [1.29, 1.82) is 0 Å². The number of hydrogen-bond donors (Lipinski definition) is 0. The maximum absolute atomic E-state index is 12.9. The van der Waals surface area contributed by atoms with Gasteiger partial charge >= 0.3 is 17.9 Å². The third-order valence-corrected chi connectivity index (χ3v) is 15.1. The smallest absolute Gasteiger partial charge is 0.306 e. The lowest BCUT2D eigenvalue weighted by molar-refractivity contribution is -0.167. The molecule has 1 atom stereocenters. The summed E-state index contributed by atoms with van der Waals surface area (Å²) in [4.78, 5) is 38.3. The van der Waals surface area contributed by atoms with E-state index in [1.54, 1.807) is 0 Å². The summed E-state index contributed by atoms with van der Waals surface area (Å²) >= 11 is 0. The second kappa shape index (κ2) is 68.8. The van der Waals surface area contributed by atoms with Crippen molar-refractivity contribution in [2.75, 3.05) is 13.2 Å². The maximum atomic E-state index is 12.9. The van der Waals surface area contributed by atoms with Crippen molar-refractivity contribution in [1.82, 2.24) is 0 Å². The molecule has 0 fully saturated rings. The summed E-state index contributed by atoms with van der Waals surface area (Å²) in [6, 6.07) is 0. The standard InChI is InChI=1S/C75H130O6/c1-4-7-10-13-16-19-22-25-27-28-29-30-31-32-33-34-35-36-37-38-39-40-41-42-43-44-45-46-48-50-53-56-59-62-65-68-74(77)80-71-72(70-79-73(76)67-64-61-58-55-52-49-24-21-18-15-12-9-6-3)81-75(78)69-66-63-60-57-54-51-47-26-23-20-17-14-11-8-5-2/h7,9-10,12,16,18-19,21,25,27,29-30,32-33,49,52,72H,4-6,8,11,13-15,17,20,22-24,26,28,31,34-48,50-51,53-71H2,1-3H3/b10-7-,12-9-,19-16-,21-18-,27-25-,30-29-,33-32-,52-49-. The van der Waals surface area contributed by atoms with Crippen LogP contribution in [0.2, 0.25) is 0 Å². The van der Waals surface area contributed by atoms with Crippen molar-refractivity contribution in [3.8, 4) is 0 Å². The van der Waals surface area contributed by atoms with Crippen LogP contribution in [0.1, 0.15) is 342 Å². The van der Waals surface area contributed by atoms with E-state index in [1.807, 2.05) is 0 Å². The van der Waals surface area contributed by atoms with E-state index in [0.29, 0.717) is 19.3 Å². The first-order chi connectivity index (χ1) is 40.0. The highest BCUT2D eigenvalue weighted by molar-refractivity contribution is 5.71. The van der Waals surface area contributed by atoms with E-state index in [2.05, 4.69) is 118 Å². The summed E-state index contributed by atoms with van der Waals surface area (Å²) in [5, 5.41) is 0. The van der Waals surface area contributed by atoms with Crippen LogP contribution in [0.4, 0.5) is 0 Å². The van der Waals surface area contributed by atoms with Crippen LogP contribution in [0.15, 0.2) is 97.2 Å². The Bertz CT molecular complexity index is 1580. The summed E-state index contributed by atoms with van der Waals surface area (Å²) in [5.74, 6) is -0.895. The SMILES string of the molecule is CC/C=C\C/C=C\C/C=C\C/C=C\C/C=C\CCCCCCCCCCCCCCCCCCCCCC(=O)OCC(COC(=O)CCCCC/C=C\C/C=C\C/C=C\CC)OC(=O)CCCCCCCCCCCCCCCCC. The molecule has 0 heterocycles. The molecule has 0 spiro atoms. The lowest BCUT2D eigenvalue weighted by Crippen LogP contribution is -2.30. The van der Waals surface area contributed by atoms with Gasteiger partial charge in [-0.3, -0.25) is 14.4 Å². The minimum Gasteiger partial charge on any atom is -0.462 e. The van der Waals surface area contributed by atoms with Gasteiger partial charge in [-0.1, -0.05) is 323 Å². The number of esters is 3.